The van der Waals surface area contributed by atoms with E-state index in [2.05, 4.69) is 10.3 Å². The van der Waals surface area contributed by atoms with E-state index in [1.54, 1.807) is 13.0 Å². The van der Waals surface area contributed by atoms with E-state index in [4.69, 9.17) is 16.7 Å². The van der Waals surface area contributed by atoms with Crippen molar-refractivity contribution in [2.24, 2.45) is 5.14 Å². The molecule has 3 aromatic rings. The fourth-order valence-corrected chi connectivity index (χ4v) is 4.53. The lowest BCUT2D eigenvalue weighted by Crippen LogP contribution is -2.23. The Balaban J connectivity index is 1.87. The molecule has 0 aliphatic heterocycles. The lowest BCUT2D eigenvalue weighted by atomic mass is 10.3. The summed E-state index contributed by atoms with van der Waals surface area (Å²) >= 11 is 7.20. The fourth-order valence-electron chi connectivity index (χ4n) is 2.83. The summed E-state index contributed by atoms with van der Waals surface area (Å²) in [5.41, 5.74) is 1.54. The highest BCUT2D eigenvalue weighted by atomic mass is 35.5. The number of amides is 1. The number of aromatic nitrogens is 2. The van der Waals surface area contributed by atoms with Crippen LogP contribution in [-0.4, -0.2) is 29.1 Å². The topological polar surface area (TPSA) is 107 Å². The second-order valence-corrected chi connectivity index (χ2v) is 9.89. The third-order valence-electron chi connectivity index (χ3n) is 4.30. The van der Waals surface area contributed by atoms with Crippen molar-refractivity contribution in [3.8, 4) is 0 Å². The lowest BCUT2D eigenvalue weighted by molar-refractivity contribution is -0.115. The number of rotatable bonds is 7. The molecular weight excluding hydrogens is 451 g/mol. The minimum absolute atomic E-state index is 0.0237. The number of aryl methyl sites for hydroxylation is 1. The summed E-state index contributed by atoms with van der Waals surface area (Å²) in [6.45, 7) is 4.36. The van der Waals surface area contributed by atoms with Crippen LogP contribution in [-0.2, 0) is 21.4 Å². The summed E-state index contributed by atoms with van der Waals surface area (Å²) in [7, 11) is -3.85. The number of fused-ring (bicyclic) bond motifs is 1. The highest BCUT2D eigenvalue weighted by molar-refractivity contribution is 8.00. The van der Waals surface area contributed by atoms with Gasteiger partial charge in [0, 0.05) is 6.54 Å². The van der Waals surface area contributed by atoms with Crippen LogP contribution in [0.5, 0.6) is 0 Å². The summed E-state index contributed by atoms with van der Waals surface area (Å²) in [6, 6.07) is 8.25. The third-order valence-corrected chi connectivity index (χ3v) is 6.61. The Kier molecular flexibility index (Phi) is 6.71. The van der Waals surface area contributed by atoms with Gasteiger partial charge in [0.25, 0.3) is 0 Å². The van der Waals surface area contributed by atoms with Gasteiger partial charge in [-0.2, -0.15) is 0 Å². The zero-order chi connectivity index (χ0) is 22.1. The normalized spacial score (nSPS) is 12.8. The molecule has 7 nitrogen and oxygen atoms in total. The Bertz CT molecular complexity index is 1210. The number of hydrogen-bond donors (Lipinski definition) is 2. The van der Waals surface area contributed by atoms with Crippen molar-refractivity contribution >= 4 is 56.0 Å². The number of imidazole rings is 1. The first-order chi connectivity index (χ1) is 14.1. The molecule has 0 bridgehead atoms. The van der Waals surface area contributed by atoms with Crippen molar-refractivity contribution in [2.45, 2.75) is 42.1 Å². The Labute approximate surface area is 182 Å². The minimum atomic E-state index is -3.85. The van der Waals surface area contributed by atoms with Crippen molar-refractivity contribution in [2.75, 3.05) is 5.32 Å². The molecule has 0 radical (unpaired) electrons. The van der Waals surface area contributed by atoms with Crippen LogP contribution in [0.25, 0.3) is 11.0 Å². The van der Waals surface area contributed by atoms with Gasteiger partial charge >= 0.3 is 0 Å². The maximum atomic E-state index is 13.2. The average Bonchev–Trinajstić information content (AvgIpc) is 3.00. The molecule has 1 atom stereocenters. The molecule has 0 saturated carbocycles. The number of hydrogen-bond acceptors (Lipinski definition) is 5. The molecule has 160 valence electrons. The van der Waals surface area contributed by atoms with Gasteiger partial charge < -0.3 is 9.88 Å². The maximum Gasteiger partial charge on any atom is 0.238 e. The van der Waals surface area contributed by atoms with E-state index < -0.39 is 21.1 Å². The second kappa shape index (κ2) is 8.93. The number of halogens is 2. The molecule has 1 heterocycles. The molecule has 0 aliphatic carbocycles. The van der Waals surface area contributed by atoms with Gasteiger partial charge in [-0.05, 0) is 49.7 Å². The predicted octanol–water partition coefficient (Wildman–Crippen LogP) is 4.01. The summed E-state index contributed by atoms with van der Waals surface area (Å²) in [6.07, 6.45) is 0.821. The number of sulfonamides is 1. The summed E-state index contributed by atoms with van der Waals surface area (Å²) in [5, 5.41) is 8.03. The summed E-state index contributed by atoms with van der Waals surface area (Å²) < 4.78 is 38.4. The largest absolute Gasteiger partial charge is 0.324 e. The molecule has 2 aromatic carbocycles. The number of benzene rings is 2. The van der Waals surface area contributed by atoms with E-state index in [1.165, 1.54) is 36.0 Å². The molecule has 1 amide bonds. The molecule has 3 rings (SSSR count). The molecule has 0 fully saturated rings. The molecule has 0 saturated heterocycles. The van der Waals surface area contributed by atoms with Gasteiger partial charge in [-0.25, -0.2) is 22.9 Å². The van der Waals surface area contributed by atoms with E-state index in [9.17, 15) is 17.6 Å². The number of carbonyl (C=O) groups excluding carboxylic acids is 1. The van der Waals surface area contributed by atoms with Crippen molar-refractivity contribution in [3.05, 3.63) is 47.2 Å². The first kappa shape index (κ1) is 22.5. The van der Waals surface area contributed by atoms with E-state index in [1.807, 2.05) is 11.5 Å². The van der Waals surface area contributed by atoms with Gasteiger partial charge in [-0.3, -0.25) is 4.79 Å². The number of carbonyl (C=O) groups is 1. The zero-order valence-corrected chi connectivity index (χ0v) is 18.6. The Morgan fingerprint density at radius 2 is 2.07 bits per heavy atom. The molecule has 0 spiro atoms. The van der Waals surface area contributed by atoms with Gasteiger partial charge in [0.05, 0.1) is 31.9 Å². The van der Waals surface area contributed by atoms with Crippen LogP contribution in [0.2, 0.25) is 5.02 Å². The van der Waals surface area contributed by atoms with Crippen LogP contribution in [0.15, 0.2) is 46.5 Å². The summed E-state index contributed by atoms with van der Waals surface area (Å²) in [5.74, 6) is -0.818. The quantitative estimate of drug-likeness (QED) is 0.507. The van der Waals surface area contributed by atoms with Crippen LogP contribution in [0, 0.1) is 5.82 Å². The average molecular weight is 471 g/mol. The first-order valence-electron chi connectivity index (χ1n) is 9.05. The number of thioether (sulfide) groups is 1. The molecule has 3 N–H and O–H groups in total. The molecule has 11 heteroatoms. The standard InChI is InChI=1S/C19H20ClFN4O3S2/c1-3-8-25-17-7-5-13(30(22,27)28)10-16(17)24-19(25)29-11(2)18(26)23-15-6-4-12(21)9-14(15)20/h4-7,9-11H,3,8H2,1-2H3,(H,23,26)(H2,22,27,28). The highest BCUT2D eigenvalue weighted by Gasteiger charge is 2.21. The number of anilines is 1. The second-order valence-electron chi connectivity index (χ2n) is 6.62. The van der Waals surface area contributed by atoms with E-state index in [0.717, 1.165) is 18.0 Å². The lowest BCUT2D eigenvalue weighted by Gasteiger charge is -2.14. The summed E-state index contributed by atoms with van der Waals surface area (Å²) in [4.78, 5) is 17.1. The monoisotopic (exact) mass is 470 g/mol. The fraction of sp³-hybridized carbons (Fsp3) is 0.263. The predicted molar refractivity (Wildman–Crippen MR) is 117 cm³/mol. The number of nitrogens with two attached hydrogens (primary N) is 1. The maximum absolute atomic E-state index is 13.2. The molecule has 30 heavy (non-hydrogen) atoms. The van der Waals surface area contributed by atoms with Crippen LogP contribution < -0.4 is 10.5 Å². The SMILES string of the molecule is CCCn1c(SC(C)C(=O)Nc2ccc(F)cc2Cl)nc2cc(S(N)(=O)=O)ccc21. The van der Waals surface area contributed by atoms with Gasteiger partial charge in [-0.15, -0.1) is 0 Å². The van der Waals surface area contributed by atoms with Crippen LogP contribution in [0.4, 0.5) is 10.1 Å². The van der Waals surface area contributed by atoms with Crippen molar-refractivity contribution < 1.29 is 17.6 Å². The van der Waals surface area contributed by atoms with Gasteiger partial charge in [-0.1, -0.05) is 30.3 Å². The number of nitrogens with zero attached hydrogens (tertiary/aromatic N) is 2. The van der Waals surface area contributed by atoms with Crippen molar-refractivity contribution in [3.63, 3.8) is 0 Å². The van der Waals surface area contributed by atoms with Crippen LogP contribution in [0.1, 0.15) is 20.3 Å². The van der Waals surface area contributed by atoms with Gasteiger partial charge in [0.1, 0.15) is 5.82 Å². The number of nitrogens with one attached hydrogen (secondary N) is 1. The molecule has 1 aromatic heterocycles. The first-order valence-corrected chi connectivity index (χ1v) is 11.9. The van der Waals surface area contributed by atoms with Gasteiger partial charge in [0.2, 0.25) is 15.9 Å². The highest BCUT2D eigenvalue weighted by Crippen LogP contribution is 2.30. The van der Waals surface area contributed by atoms with E-state index in [-0.39, 0.29) is 15.8 Å². The van der Waals surface area contributed by atoms with Crippen molar-refractivity contribution in [1.82, 2.24) is 9.55 Å². The Morgan fingerprint density at radius 1 is 1.33 bits per heavy atom. The van der Waals surface area contributed by atoms with Crippen LogP contribution >= 0.6 is 23.4 Å². The van der Waals surface area contributed by atoms with Crippen molar-refractivity contribution in [1.29, 1.82) is 0 Å². The third kappa shape index (κ3) is 4.94. The Morgan fingerprint density at radius 3 is 2.70 bits per heavy atom. The number of primary sulfonamides is 1. The van der Waals surface area contributed by atoms with E-state index in [0.29, 0.717) is 22.9 Å². The Hall–Kier alpha value is -2.14. The van der Waals surface area contributed by atoms with E-state index >= 15 is 0 Å². The molecule has 1 unspecified atom stereocenters. The zero-order valence-electron chi connectivity index (χ0n) is 16.2. The van der Waals surface area contributed by atoms with Gasteiger partial charge in [0.15, 0.2) is 5.16 Å². The molecular formula is C19H20ClFN4O3S2. The van der Waals surface area contributed by atoms with Crippen LogP contribution in [0.3, 0.4) is 0 Å². The minimum Gasteiger partial charge on any atom is -0.324 e. The molecule has 0 aliphatic rings. The smallest absolute Gasteiger partial charge is 0.238 e.